The molecule has 2 heterocycles. The molecule has 0 unspecified atom stereocenters. The predicted molar refractivity (Wildman–Crippen MR) is 91.9 cm³/mol. The molecule has 1 aliphatic heterocycles. The van der Waals surface area contributed by atoms with E-state index in [9.17, 15) is 14.4 Å². The molecule has 1 atom stereocenters. The fraction of sp³-hybridized carbons (Fsp3) is 0.706. The zero-order valence-corrected chi connectivity index (χ0v) is 15.2. The Balaban J connectivity index is 1.54. The van der Waals surface area contributed by atoms with Crippen LogP contribution in [-0.2, 0) is 25.7 Å². The highest BCUT2D eigenvalue weighted by molar-refractivity contribution is 5.96. The molecular weight excluding hydrogens is 338 g/mol. The molecule has 26 heavy (non-hydrogen) atoms. The van der Waals surface area contributed by atoms with E-state index < -0.39 is 11.9 Å². The molecule has 0 radical (unpaired) electrons. The largest absolute Gasteiger partial charge is 0.468 e. The first kappa shape index (κ1) is 18.3. The van der Waals surface area contributed by atoms with E-state index in [2.05, 4.69) is 27.1 Å². The van der Waals surface area contributed by atoms with Crippen LogP contribution in [0.3, 0.4) is 0 Å². The van der Waals surface area contributed by atoms with Crippen molar-refractivity contribution in [3.05, 3.63) is 6.33 Å². The van der Waals surface area contributed by atoms with Gasteiger partial charge in [0.25, 0.3) is 0 Å². The third-order valence-electron chi connectivity index (χ3n) is 5.25. The predicted octanol–water partition coefficient (Wildman–Crippen LogP) is 0.817. The van der Waals surface area contributed by atoms with Crippen LogP contribution in [0.4, 0.5) is 5.95 Å². The second kappa shape index (κ2) is 7.84. The molecular formula is C17H25N5O4. The van der Waals surface area contributed by atoms with Gasteiger partial charge < -0.3 is 9.64 Å². The first-order valence-electron chi connectivity index (χ1n) is 9.03. The van der Waals surface area contributed by atoms with Crippen LogP contribution in [0.2, 0.25) is 0 Å². The lowest BCUT2D eigenvalue weighted by Gasteiger charge is -2.33. The smallest absolute Gasteiger partial charge is 0.327 e. The van der Waals surface area contributed by atoms with Gasteiger partial charge in [-0.3, -0.25) is 19.7 Å². The molecule has 1 saturated heterocycles. The zero-order valence-electron chi connectivity index (χ0n) is 15.2. The van der Waals surface area contributed by atoms with E-state index in [0.717, 1.165) is 25.7 Å². The Morgan fingerprint density at radius 2 is 2.04 bits per heavy atom. The summed E-state index contributed by atoms with van der Waals surface area (Å²) in [6.07, 6.45) is 5.86. The molecule has 1 aliphatic carbocycles. The number of hydrogen-bond acceptors (Lipinski definition) is 6. The Morgan fingerprint density at radius 1 is 1.31 bits per heavy atom. The monoisotopic (exact) mass is 363 g/mol. The fourth-order valence-corrected chi connectivity index (χ4v) is 3.65. The number of likely N-dealkylation sites (tertiary alicyclic amines) is 1. The van der Waals surface area contributed by atoms with Crippen LogP contribution in [0.1, 0.15) is 39.0 Å². The molecule has 142 valence electrons. The molecule has 1 aromatic rings. The first-order chi connectivity index (χ1) is 12.5. The summed E-state index contributed by atoms with van der Waals surface area (Å²) in [5, 5.41) is 6.65. The van der Waals surface area contributed by atoms with E-state index in [-0.39, 0.29) is 36.8 Å². The van der Waals surface area contributed by atoms with Crippen molar-refractivity contribution in [2.75, 3.05) is 19.0 Å². The molecule has 0 aromatic carbocycles. The van der Waals surface area contributed by atoms with Gasteiger partial charge >= 0.3 is 5.97 Å². The van der Waals surface area contributed by atoms with Crippen LogP contribution in [0, 0.1) is 11.8 Å². The van der Waals surface area contributed by atoms with E-state index in [1.165, 1.54) is 18.1 Å². The SMILES string of the molecule is COC(=O)Cn1cnc(NC(=O)[C@H]2CC(=O)N(C3CCC(C)CC3)C2)n1. The van der Waals surface area contributed by atoms with E-state index in [4.69, 9.17) is 0 Å². The molecule has 1 saturated carbocycles. The zero-order chi connectivity index (χ0) is 18.7. The van der Waals surface area contributed by atoms with Crippen LogP contribution in [-0.4, -0.2) is 57.1 Å². The number of ether oxygens (including phenoxy) is 1. The lowest BCUT2D eigenvalue weighted by atomic mass is 9.87. The molecule has 1 N–H and O–H groups in total. The molecule has 1 aromatic heterocycles. The number of anilines is 1. The van der Waals surface area contributed by atoms with Gasteiger partial charge in [-0.1, -0.05) is 6.92 Å². The Morgan fingerprint density at radius 3 is 2.73 bits per heavy atom. The molecule has 3 rings (SSSR count). The van der Waals surface area contributed by atoms with Crippen molar-refractivity contribution in [2.24, 2.45) is 11.8 Å². The second-order valence-electron chi connectivity index (χ2n) is 7.19. The summed E-state index contributed by atoms with van der Waals surface area (Å²) in [4.78, 5) is 41.9. The van der Waals surface area contributed by atoms with Crippen LogP contribution < -0.4 is 5.32 Å². The fourth-order valence-electron chi connectivity index (χ4n) is 3.65. The third kappa shape index (κ3) is 4.20. The summed E-state index contributed by atoms with van der Waals surface area (Å²) in [5.74, 6) is -0.221. The van der Waals surface area contributed by atoms with Crippen molar-refractivity contribution in [1.82, 2.24) is 19.7 Å². The normalized spacial score (nSPS) is 26.0. The van der Waals surface area contributed by atoms with Crippen LogP contribution >= 0.6 is 0 Å². The van der Waals surface area contributed by atoms with Crippen LogP contribution in [0.25, 0.3) is 0 Å². The van der Waals surface area contributed by atoms with Gasteiger partial charge in [0.2, 0.25) is 17.8 Å². The minimum absolute atomic E-state index is 0.0499. The number of nitrogens with one attached hydrogen (secondary N) is 1. The minimum Gasteiger partial charge on any atom is -0.468 e. The Hall–Kier alpha value is -2.45. The van der Waals surface area contributed by atoms with Crippen LogP contribution in [0.15, 0.2) is 6.33 Å². The topological polar surface area (TPSA) is 106 Å². The number of hydrogen-bond donors (Lipinski definition) is 1. The van der Waals surface area contributed by atoms with Crippen molar-refractivity contribution in [2.45, 2.75) is 51.6 Å². The van der Waals surface area contributed by atoms with Crippen molar-refractivity contribution in [1.29, 1.82) is 0 Å². The first-order valence-corrected chi connectivity index (χ1v) is 9.03. The van der Waals surface area contributed by atoms with E-state index in [0.29, 0.717) is 12.5 Å². The summed E-state index contributed by atoms with van der Waals surface area (Å²) in [5.41, 5.74) is 0. The highest BCUT2D eigenvalue weighted by Crippen LogP contribution is 2.31. The third-order valence-corrected chi connectivity index (χ3v) is 5.25. The number of carbonyl (C=O) groups is 3. The second-order valence-corrected chi connectivity index (χ2v) is 7.19. The highest BCUT2D eigenvalue weighted by Gasteiger charge is 2.38. The average Bonchev–Trinajstić information content (AvgIpc) is 3.22. The number of carbonyl (C=O) groups excluding carboxylic acids is 3. The number of amides is 2. The summed E-state index contributed by atoms with van der Waals surface area (Å²) in [7, 11) is 1.29. The standard InChI is InChI=1S/C17H25N5O4/c1-11-3-5-13(6-4-11)22-8-12(7-14(22)23)16(25)19-17-18-10-21(20-17)9-15(24)26-2/h10-13H,3-9H2,1-2H3,(H,19,20,25)/t11?,12-,13?/m0/s1. The minimum atomic E-state index is -0.452. The van der Waals surface area contributed by atoms with Crippen molar-refractivity contribution in [3.8, 4) is 0 Å². The molecule has 9 nitrogen and oxygen atoms in total. The number of aromatic nitrogens is 3. The van der Waals surface area contributed by atoms with Crippen molar-refractivity contribution in [3.63, 3.8) is 0 Å². The Kier molecular flexibility index (Phi) is 5.53. The average molecular weight is 363 g/mol. The van der Waals surface area contributed by atoms with Crippen molar-refractivity contribution >= 4 is 23.7 Å². The van der Waals surface area contributed by atoms with E-state index in [1.807, 2.05) is 4.90 Å². The summed E-state index contributed by atoms with van der Waals surface area (Å²) in [6, 6.07) is 0.258. The maximum absolute atomic E-state index is 12.5. The van der Waals surface area contributed by atoms with Gasteiger partial charge in [-0.25, -0.2) is 9.67 Å². The van der Waals surface area contributed by atoms with Gasteiger partial charge in [0.15, 0.2) is 0 Å². The molecule has 0 spiro atoms. The quantitative estimate of drug-likeness (QED) is 0.776. The highest BCUT2D eigenvalue weighted by atomic mass is 16.5. The van der Waals surface area contributed by atoms with Gasteiger partial charge in [0, 0.05) is 19.0 Å². The number of rotatable bonds is 5. The van der Waals surface area contributed by atoms with E-state index in [1.54, 1.807) is 0 Å². The maximum atomic E-state index is 12.5. The number of nitrogens with zero attached hydrogens (tertiary/aromatic N) is 4. The summed E-state index contributed by atoms with van der Waals surface area (Å²) >= 11 is 0. The number of esters is 1. The molecule has 2 amide bonds. The lowest BCUT2D eigenvalue weighted by Crippen LogP contribution is -2.39. The molecule has 2 aliphatic rings. The van der Waals surface area contributed by atoms with Gasteiger partial charge in [-0.2, -0.15) is 0 Å². The van der Waals surface area contributed by atoms with Gasteiger partial charge in [-0.15, -0.1) is 5.10 Å². The summed E-state index contributed by atoms with van der Waals surface area (Å²) in [6.45, 7) is 2.62. The van der Waals surface area contributed by atoms with Crippen molar-refractivity contribution < 1.29 is 19.1 Å². The van der Waals surface area contributed by atoms with E-state index >= 15 is 0 Å². The maximum Gasteiger partial charge on any atom is 0.327 e. The molecule has 9 heteroatoms. The number of methoxy groups -OCH3 is 1. The van der Waals surface area contributed by atoms with Crippen LogP contribution in [0.5, 0.6) is 0 Å². The molecule has 2 fully saturated rings. The Bertz CT molecular complexity index is 680. The summed E-state index contributed by atoms with van der Waals surface area (Å²) < 4.78 is 5.84. The van der Waals surface area contributed by atoms with Gasteiger partial charge in [0.05, 0.1) is 13.0 Å². The molecule has 0 bridgehead atoms. The van der Waals surface area contributed by atoms with Gasteiger partial charge in [0.1, 0.15) is 12.9 Å². The Labute approximate surface area is 152 Å². The van der Waals surface area contributed by atoms with Gasteiger partial charge in [-0.05, 0) is 31.6 Å². The lowest BCUT2D eigenvalue weighted by molar-refractivity contribution is -0.141.